The molecule has 1 aliphatic carbocycles. The molecule has 1 aromatic heterocycles. The topological polar surface area (TPSA) is 84.3 Å². The Morgan fingerprint density at radius 2 is 1.96 bits per heavy atom. The number of para-hydroxylation sites is 2. The Morgan fingerprint density at radius 3 is 2.68 bits per heavy atom. The van der Waals surface area contributed by atoms with E-state index in [4.69, 9.17) is 0 Å². The third-order valence-electron chi connectivity index (χ3n) is 4.27. The molecular weight excluding hydrogens is 406 g/mol. The molecule has 132 valence electrons. The number of nitro benzene ring substituents is 1. The normalized spacial score (nSPS) is 20.0. The Labute approximate surface area is 157 Å². The van der Waals surface area contributed by atoms with Crippen LogP contribution in [0, 0.1) is 10.1 Å². The van der Waals surface area contributed by atoms with E-state index < -0.39 is 0 Å². The molecule has 1 heterocycles. The smallest absolute Gasteiger partial charge is 0.292 e. The molecule has 1 aromatic carbocycles. The summed E-state index contributed by atoms with van der Waals surface area (Å²) >= 11 is 4.77. The number of nitro groups is 1. The number of thiophene rings is 1. The van der Waals surface area contributed by atoms with Crippen molar-refractivity contribution < 1.29 is 9.72 Å². The van der Waals surface area contributed by atoms with Crippen molar-refractivity contribution >= 4 is 44.5 Å². The number of carbonyl (C=O) groups is 1. The molecule has 1 fully saturated rings. The van der Waals surface area contributed by atoms with Crippen LogP contribution in [0.25, 0.3) is 0 Å². The molecule has 1 amide bonds. The van der Waals surface area contributed by atoms with Crippen LogP contribution in [0.3, 0.4) is 0 Å². The number of hydrogen-bond acceptors (Lipinski definition) is 5. The lowest BCUT2D eigenvalue weighted by atomic mass is 9.90. The van der Waals surface area contributed by atoms with E-state index in [0.29, 0.717) is 10.6 Å². The number of nitrogens with zero attached hydrogens (tertiary/aromatic N) is 1. The fourth-order valence-corrected chi connectivity index (χ4v) is 4.41. The zero-order valence-corrected chi connectivity index (χ0v) is 15.8. The quantitative estimate of drug-likeness (QED) is 0.544. The zero-order chi connectivity index (χ0) is 17.8. The van der Waals surface area contributed by atoms with E-state index in [1.165, 1.54) is 17.4 Å². The van der Waals surface area contributed by atoms with Gasteiger partial charge in [-0.15, -0.1) is 11.3 Å². The van der Waals surface area contributed by atoms with Gasteiger partial charge in [-0.25, -0.2) is 0 Å². The molecule has 0 saturated heterocycles. The van der Waals surface area contributed by atoms with Gasteiger partial charge >= 0.3 is 0 Å². The molecule has 2 atom stereocenters. The third kappa shape index (κ3) is 4.58. The molecule has 3 rings (SSSR count). The molecule has 1 saturated carbocycles. The minimum absolute atomic E-state index is 0.0629. The van der Waals surface area contributed by atoms with Crippen molar-refractivity contribution in [2.24, 2.45) is 0 Å². The lowest BCUT2D eigenvalue weighted by Crippen LogP contribution is -2.41. The summed E-state index contributed by atoms with van der Waals surface area (Å²) in [6.45, 7) is 0. The summed E-state index contributed by atoms with van der Waals surface area (Å²) in [5.41, 5.74) is 0.615. The monoisotopic (exact) mass is 423 g/mol. The Kier molecular flexibility index (Phi) is 5.70. The van der Waals surface area contributed by atoms with Crippen LogP contribution in [-0.4, -0.2) is 22.9 Å². The molecule has 2 N–H and O–H groups in total. The number of nitrogens with one attached hydrogen (secondary N) is 2. The van der Waals surface area contributed by atoms with Crippen LogP contribution in [-0.2, 0) is 0 Å². The molecule has 0 aliphatic heterocycles. The Balaban J connectivity index is 1.62. The lowest BCUT2D eigenvalue weighted by molar-refractivity contribution is -0.384. The van der Waals surface area contributed by atoms with Crippen molar-refractivity contribution in [3.05, 3.63) is 55.2 Å². The second-order valence-electron chi connectivity index (χ2n) is 6.06. The van der Waals surface area contributed by atoms with Crippen molar-refractivity contribution in [2.75, 3.05) is 5.32 Å². The molecule has 0 spiro atoms. The van der Waals surface area contributed by atoms with Gasteiger partial charge in [0.1, 0.15) is 5.69 Å². The molecule has 2 unspecified atom stereocenters. The summed E-state index contributed by atoms with van der Waals surface area (Å²) in [5, 5.41) is 17.5. The number of anilines is 1. The number of halogens is 1. The van der Waals surface area contributed by atoms with Gasteiger partial charge in [-0.1, -0.05) is 12.1 Å². The molecule has 25 heavy (non-hydrogen) atoms. The van der Waals surface area contributed by atoms with Gasteiger partial charge in [0.25, 0.3) is 11.6 Å². The summed E-state index contributed by atoms with van der Waals surface area (Å²) in [6, 6.07) is 10.5. The van der Waals surface area contributed by atoms with Crippen LogP contribution in [0.15, 0.2) is 40.2 Å². The van der Waals surface area contributed by atoms with E-state index in [1.807, 2.05) is 6.07 Å². The Hall–Kier alpha value is -1.93. The third-order valence-corrected chi connectivity index (χ3v) is 5.89. The van der Waals surface area contributed by atoms with Gasteiger partial charge in [0.05, 0.1) is 13.6 Å². The SMILES string of the molecule is O=C(NC1CCCC(Nc2ccccc2[N+](=O)[O-])C1)c1ccc(Br)s1. The number of carbonyl (C=O) groups excluding carboxylic acids is 1. The maximum atomic E-state index is 12.3. The maximum Gasteiger partial charge on any atom is 0.292 e. The minimum atomic E-state index is -0.376. The van der Waals surface area contributed by atoms with Crippen molar-refractivity contribution in [2.45, 2.75) is 37.8 Å². The van der Waals surface area contributed by atoms with Crippen LogP contribution >= 0.6 is 27.3 Å². The van der Waals surface area contributed by atoms with Crippen molar-refractivity contribution in [3.8, 4) is 0 Å². The first-order chi connectivity index (χ1) is 12.0. The highest BCUT2D eigenvalue weighted by molar-refractivity contribution is 9.11. The number of rotatable bonds is 5. The maximum absolute atomic E-state index is 12.3. The van der Waals surface area contributed by atoms with Gasteiger partial charge in [-0.3, -0.25) is 14.9 Å². The van der Waals surface area contributed by atoms with Gasteiger partial charge in [0.15, 0.2) is 0 Å². The van der Waals surface area contributed by atoms with Crippen molar-refractivity contribution in [3.63, 3.8) is 0 Å². The van der Waals surface area contributed by atoms with Gasteiger partial charge in [0, 0.05) is 18.2 Å². The van der Waals surface area contributed by atoms with E-state index in [-0.39, 0.29) is 28.6 Å². The van der Waals surface area contributed by atoms with Crippen LogP contribution in [0.5, 0.6) is 0 Å². The van der Waals surface area contributed by atoms with Crippen LogP contribution in [0.2, 0.25) is 0 Å². The van der Waals surface area contributed by atoms with Gasteiger partial charge in [-0.2, -0.15) is 0 Å². The minimum Gasteiger partial charge on any atom is -0.377 e. The zero-order valence-electron chi connectivity index (χ0n) is 13.4. The highest BCUT2D eigenvalue weighted by Gasteiger charge is 2.25. The second-order valence-corrected chi connectivity index (χ2v) is 8.52. The van der Waals surface area contributed by atoms with Gasteiger partial charge in [-0.05, 0) is 59.8 Å². The number of benzene rings is 1. The summed E-state index contributed by atoms with van der Waals surface area (Å²) in [6.07, 6.45) is 3.58. The lowest BCUT2D eigenvalue weighted by Gasteiger charge is -2.30. The molecular formula is C17H18BrN3O3S. The fraction of sp³-hybridized carbons (Fsp3) is 0.353. The largest absolute Gasteiger partial charge is 0.377 e. The molecule has 1 aliphatic rings. The molecule has 2 aromatic rings. The van der Waals surface area contributed by atoms with Crippen LogP contribution < -0.4 is 10.6 Å². The fourth-order valence-electron chi connectivity index (χ4n) is 3.12. The Bertz CT molecular complexity index is 780. The summed E-state index contributed by atoms with van der Waals surface area (Å²) < 4.78 is 0.928. The predicted octanol–water partition coefficient (Wildman–Crippen LogP) is 4.57. The highest BCUT2D eigenvalue weighted by Crippen LogP contribution is 2.28. The highest BCUT2D eigenvalue weighted by atomic mass is 79.9. The second kappa shape index (κ2) is 7.97. The predicted molar refractivity (Wildman–Crippen MR) is 102 cm³/mol. The first-order valence-electron chi connectivity index (χ1n) is 8.09. The van der Waals surface area contributed by atoms with E-state index >= 15 is 0 Å². The van der Waals surface area contributed by atoms with E-state index in [2.05, 4.69) is 26.6 Å². The summed E-state index contributed by atoms with van der Waals surface area (Å²) in [7, 11) is 0. The molecule has 6 nitrogen and oxygen atoms in total. The van der Waals surface area contributed by atoms with Gasteiger partial charge < -0.3 is 10.6 Å². The number of hydrogen-bond donors (Lipinski definition) is 2. The summed E-state index contributed by atoms with van der Waals surface area (Å²) in [4.78, 5) is 23.7. The van der Waals surface area contributed by atoms with E-state index in [1.54, 1.807) is 24.3 Å². The number of amides is 1. The van der Waals surface area contributed by atoms with E-state index in [0.717, 1.165) is 29.5 Å². The molecule has 0 bridgehead atoms. The summed E-state index contributed by atoms with van der Waals surface area (Å²) in [5.74, 6) is -0.0629. The molecule has 8 heteroatoms. The average molecular weight is 424 g/mol. The first-order valence-corrected chi connectivity index (χ1v) is 9.70. The Morgan fingerprint density at radius 1 is 1.20 bits per heavy atom. The van der Waals surface area contributed by atoms with Crippen LogP contribution in [0.1, 0.15) is 35.4 Å². The van der Waals surface area contributed by atoms with Gasteiger partial charge in [0.2, 0.25) is 0 Å². The molecule has 0 radical (unpaired) electrons. The van der Waals surface area contributed by atoms with Crippen LogP contribution in [0.4, 0.5) is 11.4 Å². The average Bonchev–Trinajstić information content (AvgIpc) is 3.02. The van der Waals surface area contributed by atoms with E-state index in [9.17, 15) is 14.9 Å². The van der Waals surface area contributed by atoms with Crippen molar-refractivity contribution in [1.82, 2.24) is 5.32 Å². The first kappa shape index (κ1) is 17.9. The standard InChI is InChI=1S/C17H18BrN3O3S/c18-16-9-8-15(25-16)17(22)20-12-5-3-4-11(10-12)19-13-6-1-2-7-14(13)21(23)24/h1-2,6-9,11-12,19H,3-5,10H2,(H,20,22). The van der Waals surface area contributed by atoms with Crippen molar-refractivity contribution in [1.29, 1.82) is 0 Å².